The number of nitrogens with one attached hydrogen (secondary N) is 5. The van der Waals surface area contributed by atoms with E-state index in [9.17, 15) is 38.7 Å². The Hall–Kier alpha value is -7.03. The van der Waals surface area contributed by atoms with E-state index >= 15 is 0 Å². The molecule has 10 atom stereocenters. The number of unbranched alkanes of at least 4 members (excludes halogenated alkanes) is 2. The summed E-state index contributed by atoms with van der Waals surface area (Å²) < 4.78 is 17.9. The summed E-state index contributed by atoms with van der Waals surface area (Å²) in [6, 6.07) is 14.1. The number of benzene rings is 2. The van der Waals surface area contributed by atoms with Crippen molar-refractivity contribution in [2.45, 2.75) is 162 Å². The van der Waals surface area contributed by atoms with Crippen LogP contribution < -0.4 is 26.6 Å². The first-order chi connectivity index (χ1) is 39.8. The van der Waals surface area contributed by atoms with E-state index in [0.29, 0.717) is 74.3 Å². The quantitative estimate of drug-likeness (QED) is 0.0292. The molecule has 4 rings (SSSR count). The highest BCUT2D eigenvalue weighted by molar-refractivity contribution is 6.12. The number of anilines is 1. The third-order valence-electron chi connectivity index (χ3n) is 16.2. The third kappa shape index (κ3) is 20.1. The van der Waals surface area contributed by atoms with Gasteiger partial charge in [-0.3, -0.25) is 38.6 Å². The lowest BCUT2D eigenvalue weighted by atomic mass is 9.89. The maximum Gasteiger partial charge on any atom is 0.410 e. The van der Waals surface area contributed by atoms with Crippen LogP contribution in [0.4, 0.5) is 10.5 Å². The number of carbonyl (C=O) groups is 7. The molecule has 20 nitrogen and oxygen atoms in total. The summed E-state index contributed by atoms with van der Waals surface area (Å²) in [7, 11) is 6.43. The Bertz CT molecular complexity index is 2560. The lowest BCUT2D eigenvalue weighted by Gasteiger charge is -2.41. The monoisotopic (exact) mass is 1170 g/mol. The van der Waals surface area contributed by atoms with Crippen molar-refractivity contribution >= 4 is 47.2 Å². The van der Waals surface area contributed by atoms with Gasteiger partial charge in [-0.15, -0.1) is 0 Å². The predicted octanol–water partition coefficient (Wildman–Crippen LogP) is 7.20. The van der Waals surface area contributed by atoms with Crippen molar-refractivity contribution in [2.24, 2.45) is 23.7 Å². The molecule has 2 aromatic rings. The predicted molar refractivity (Wildman–Crippen MR) is 326 cm³/mol. The molecule has 0 saturated carbocycles. The molecule has 20 heteroatoms. The number of nitrogens with zero attached hydrogens (tertiary/aromatic N) is 4. The van der Waals surface area contributed by atoms with E-state index in [-0.39, 0.29) is 72.5 Å². The van der Waals surface area contributed by atoms with Crippen LogP contribution in [0.15, 0.2) is 104 Å². The number of rotatable bonds is 36. The van der Waals surface area contributed by atoms with Crippen LogP contribution in [-0.4, -0.2) is 163 Å². The maximum absolute atomic E-state index is 14.1. The van der Waals surface area contributed by atoms with Gasteiger partial charge in [0.2, 0.25) is 23.6 Å². The molecule has 0 radical (unpaired) electrons. The number of aliphatic hydroxyl groups excluding tert-OH is 1. The topological polar surface area (TPSA) is 241 Å². The summed E-state index contributed by atoms with van der Waals surface area (Å²) in [4.78, 5) is 97.7. The minimum atomic E-state index is -0.949. The normalized spacial score (nSPS) is 17.3. The van der Waals surface area contributed by atoms with E-state index in [1.54, 1.807) is 45.2 Å². The number of imide groups is 1. The fourth-order valence-corrected chi connectivity index (χ4v) is 11.1. The van der Waals surface area contributed by atoms with Crippen LogP contribution in [0.3, 0.4) is 0 Å². The second-order valence-electron chi connectivity index (χ2n) is 23.1. The molecular weight excluding hydrogens is 1070 g/mol. The number of carbonyl (C=O) groups excluding carboxylic acids is 7. The van der Waals surface area contributed by atoms with Crippen LogP contribution in [-0.2, 0) is 49.6 Å². The van der Waals surface area contributed by atoms with E-state index in [1.165, 1.54) is 29.0 Å². The van der Waals surface area contributed by atoms with E-state index in [4.69, 9.17) is 14.2 Å². The van der Waals surface area contributed by atoms with Gasteiger partial charge in [0.15, 0.2) is 0 Å². The van der Waals surface area contributed by atoms with Crippen molar-refractivity contribution < 1.29 is 52.9 Å². The van der Waals surface area contributed by atoms with Crippen LogP contribution >= 0.6 is 0 Å². The zero-order valence-electron chi connectivity index (χ0n) is 51.9. The van der Waals surface area contributed by atoms with Gasteiger partial charge in [-0.05, 0) is 73.6 Å². The summed E-state index contributed by atoms with van der Waals surface area (Å²) in [5.74, 6) is -2.62. The summed E-state index contributed by atoms with van der Waals surface area (Å²) in [6.45, 7) is 29.1. The van der Waals surface area contributed by atoms with E-state index < -0.39 is 54.4 Å². The van der Waals surface area contributed by atoms with E-state index in [1.807, 2.05) is 84.0 Å². The fourth-order valence-electron chi connectivity index (χ4n) is 11.1. The molecule has 7 amide bonds. The number of hydrogen-bond acceptors (Lipinski definition) is 14. The molecule has 0 spiro atoms. The molecule has 0 aliphatic carbocycles. The third-order valence-corrected chi connectivity index (χ3v) is 16.2. The number of ether oxygens (including phenoxy) is 3. The van der Waals surface area contributed by atoms with Gasteiger partial charge >= 0.3 is 6.09 Å². The summed E-state index contributed by atoms with van der Waals surface area (Å²) >= 11 is 0. The Labute approximate surface area is 499 Å². The highest BCUT2D eigenvalue weighted by Gasteiger charge is 2.41. The number of aliphatic hydroxyl groups is 1. The van der Waals surface area contributed by atoms with Crippen molar-refractivity contribution in [3.05, 3.63) is 115 Å². The fraction of sp³-hybridized carbons (Fsp3) is 0.578. The second kappa shape index (κ2) is 34.1. The van der Waals surface area contributed by atoms with Crippen molar-refractivity contribution in [3.8, 4) is 0 Å². The number of likely N-dealkylation sites (tertiary alicyclic amines) is 1. The van der Waals surface area contributed by atoms with Gasteiger partial charge in [0, 0.05) is 89.2 Å². The summed E-state index contributed by atoms with van der Waals surface area (Å²) in [5.41, 5.74) is 4.24. The molecule has 0 bridgehead atoms. The highest BCUT2D eigenvalue weighted by Crippen LogP contribution is 2.33. The van der Waals surface area contributed by atoms with Crippen molar-refractivity contribution in [1.29, 1.82) is 0 Å². The smallest absolute Gasteiger partial charge is 0.410 e. The highest BCUT2D eigenvalue weighted by atomic mass is 16.6. The second-order valence-corrected chi connectivity index (χ2v) is 23.1. The van der Waals surface area contributed by atoms with E-state index in [2.05, 4.69) is 58.1 Å². The molecule has 0 aromatic heterocycles. The lowest BCUT2D eigenvalue weighted by molar-refractivity contribution is -0.138. The molecule has 2 heterocycles. The Morgan fingerprint density at radius 1 is 0.786 bits per heavy atom. The summed E-state index contributed by atoms with van der Waals surface area (Å²) in [6.07, 6.45) is 5.01. The number of amides is 7. The van der Waals surface area contributed by atoms with Crippen molar-refractivity contribution in [3.63, 3.8) is 0 Å². The number of methoxy groups -OCH3 is 2. The lowest BCUT2D eigenvalue weighted by Crippen LogP contribution is -2.55. The van der Waals surface area contributed by atoms with Gasteiger partial charge in [-0.1, -0.05) is 124 Å². The molecule has 2 aromatic carbocycles. The van der Waals surface area contributed by atoms with Gasteiger partial charge in [0.05, 0.1) is 61.5 Å². The SMILES string of the molecule is C=C(CNC(=C)C(NC(=O)CCCCCN1C(=O)C=CC1=O)C(C)C)Nc1ccc(COC(=O)N(C)C(C(=O)NCC(=O)N(C)C(C(C)CC)C(CC(=C)N2CCCC2C(OC)C(C)C(=O)NC(C)C(O)c2ccccc2)OC)C(C)C)cc1. The molecule has 1 fully saturated rings. The summed E-state index contributed by atoms with van der Waals surface area (Å²) in [5, 5.41) is 26.3. The number of likely N-dealkylation sites (N-methyl/N-ethyl adjacent to an activating group) is 2. The van der Waals surface area contributed by atoms with Gasteiger partial charge in [0.25, 0.3) is 11.8 Å². The van der Waals surface area contributed by atoms with Crippen LogP contribution in [0.5, 0.6) is 0 Å². The maximum atomic E-state index is 14.1. The largest absolute Gasteiger partial charge is 0.445 e. The average Bonchev–Trinajstić information content (AvgIpc) is 3.99. The zero-order chi connectivity index (χ0) is 62.4. The Morgan fingerprint density at radius 3 is 2.04 bits per heavy atom. The van der Waals surface area contributed by atoms with Crippen LogP contribution in [0.1, 0.15) is 124 Å². The van der Waals surface area contributed by atoms with Gasteiger partial charge in [-0.25, -0.2) is 4.79 Å². The first-order valence-electron chi connectivity index (χ1n) is 29.6. The first kappa shape index (κ1) is 69.5. The zero-order valence-corrected chi connectivity index (χ0v) is 51.9. The minimum Gasteiger partial charge on any atom is -0.445 e. The standard InChI is InChI=1S/C64H97N9O11/c1-16-42(6)59(52(82-14)36-44(8)72-35-23-26-51(72)61(83-15)45(9)62(79)68-47(11)60(78)49-24-19-17-20-25-49)70(12)56(77)38-66-63(80)58(41(4)5)71(13)64(81)84-39-48-28-30-50(31-29-48)67-43(7)37-65-46(10)57(40(2)3)69-53(74)27-21-18-22-34-73-54(75)32-33-55(73)76/h17,19-20,24-25,28-33,40-42,45,47,51-52,57-61,65,67,78H,7-8,10,16,18,21-23,26-27,34-39H2,1-6,9,11-15H3,(H,66,80)(H,68,79)(H,69,74). The molecule has 2 aliphatic heterocycles. The Balaban J connectivity index is 1.24. The molecule has 464 valence electrons. The molecule has 84 heavy (non-hydrogen) atoms. The molecule has 1 saturated heterocycles. The first-order valence-corrected chi connectivity index (χ1v) is 29.6. The van der Waals surface area contributed by atoms with Gasteiger partial charge in [-0.2, -0.15) is 0 Å². The van der Waals surface area contributed by atoms with Crippen LogP contribution in [0.2, 0.25) is 0 Å². The average molecular weight is 1170 g/mol. The van der Waals surface area contributed by atoms with Crippen molar-refractivity contribution in [1.82, 2.24) is 40.9 Å². The van der Waals surface area contributed by atoms with Gasteiger partial charge in [0.1, 0.15) is 12.6 Å². The molecule has 10 unspecified atom stereocenters. The van der Waals surface area contributed by atoms with Crippen molar-refractivity contribution in [2.75, 3.05) is 59.8 Å². The number of hydrogen-bond donors (Lipinski definition) is 6. The van der Waals surface area contributed by atoms with Crippen LogP contribution in [0, 0.1) is 23.7 Å². The molecule has 2 aliphatic rings. The van der Waals surface area contributed by atoms with Gasteiger partial charge < -0.3 is 55.7 Å². The van der Waals surface area contributed by atoms with E-state index in [0.717, 1.165) is 30.6 Å². The Kier molecular flexibility index (Phi) is 28.2. The minimum absolute atomic E-state index is 0.00862. The molecule has 6 N–H and O–H groups in total. The Morgan fingerprint density at radius 2 is 1.44 bits per heavy atom. The molecular formula is C64H97N9O11. The van der Waals surface area contributed by atoms with Crippen LogP contribution in [0.25, 0.3) is 0 Å².